The van der Waals surface area contributed by atoms with E-state index in [-0.39, 0.29) is 5.82 Å². The van der Waals surface area contributed by atoms with E-state index in [1.54, 1.807) is 23.5 Å². The Hall–Kier alpha value is -0.870. The van der Waals surface area contributed by atoms with Crippen LogP contribution in [0.1, 0.15) is 10.4 Å². The molecule has 1 aromatic heterocycles. The van der Waals surface area contributed by atoms with Gasteiger partial charge >= 0.3 is 0 Å². The second-order valence-electron chi connectivity index (χ2n) is 4.18. The quantitative estimate of drug-likeness (QED) is 0.803. The van der Waals surface area contributed by atoms with Gasteiger partial charge in [0.25, 0.3) is 0 Å². The Balaban J connectivity index is 1.86. The van der Waals surface area contributed by atoms with Gasteiger partial charge in [-0.05, 0) is 46.1 Å². The van der Waals surface area contributed by atoms with Crippen LogP contribution >= 0.6 is 27.3 Å². The van der Waals surface area contributed by atoms with Gasteiger partial charge in [0.1, 0.15) is 5.82 Å². The highest BCUT2D eigenvalue weighted by Gasteiger charge is 2.19. The second kappa shape index (κ2) is 4.42. The first-order valence-electron chi connectivity index (χ1n) is 5.49. The van der Waals surface area contributed by atoms with Crippen molar-refractivity contribution in [3.63, 3.8) is 0 Å². The number of benzene rings is 1. The third-order valence-electron chi connectivity index (χ3n) is 3.01. The average molecular weight is 312 g/mol. The smallest absolute Gasteiger partial charge is 0.125 e. The van der Waals surface area contributed by atoms with Crippen LogP contribution in [-0.4, -0.2) is 6.54 Å². The summed E-state index contributed by atoms with van der Waals surface area (Å²) in [4.78, 5) is 3.55. The zero-order valence-electron chi connectivity index (χ0n) is 9.12. The second-order valence-corrected chi connectivity index (χ2v) is 6.09. The molecule has 88 valence electrons. The molecule has 0 bridgehead atoms. The monoisotopic (exact) mass is 311 g/mol. The number of hydrogen-bond acceptors (Lipinski definition) is 2. The summed E-state index contributed by atoms with van der Waals surface area (Å²) >= 11 is 5.19. The Labute approximate surface area is 112 Å². The summed E-state index contributed by atoms with van der Waals surface area (Å²) in [5.41, 5.74) is 2.30. The minimum atomic E-state index is -0.150. The third kappa shape index (κ3) is 2.24. The standard InChI is InChI=1S/C13H11BrFNS/c14-10-5-12(17-8-10)7-16-4-3-9-1-2-11(15)6-13(9)16/h1-2,5-6,8H,3-4,7H2. The summed E-state index contributed by atoms with van der Waals surface area (Å²) in [5.74, 6) is -0.150. The molecule has 1 aliphatic heterocycles. The Morgan fingerprint density at radius 3 is 3.00 bits per heavy atom. The van der Waals surface area contributed by atoms with E-state index in [1.807, 2.05) is 6.07 Å². The third-order valence-corrected chi connectivity index (χ3v) is 4.69. The molecule has 0 radical (unpaired) electrons. The molecule has 0 unspecified atom stereocenters. The van der Waals surface area contributed by atoms with Crippen LogP contribution in [0.4, 0.5) is 10.1 Å². The van der Waals surface area contributed by atoms with Crippen molar-refractivity contribution in [3.8, 4) is 0 Å². The van der Waals surface area contributed by atoms with Gasteiger partial charge in [0.15, 0.2) is 0 Å². The van der Waals surface area contributed by atoms with Gasteiger partial charge in [-0.3, -0.25) is 0 Å². The maximum atomic E-state index is 13.2. The normalized spacial score (nSPS) is 14.1. The fraction of sp³-hybridized carbons (Fsp3) is 0.231. The SMILES string of the molecule is Fc1ccc2c(c1)N(Cc1cc(Br)cs1)CC2. The van der Waals surface area contributed by atoms with Crippen molar-refractivity contribution in [2.75, 3.05) is 11.4 Å². The van der Waals surface area contributed by atoms with Gasteiger partial charge in [-0.25, -0.2) is 4.39 Å². The van der Waals surface area contributed by atoms with E-state index in [1.165, 1.54) is 10.4 Å². The highest BCUT2D eigenvalue weighted by atomic mass is 79.9. The first kappa shape index (κ1) is 11.2. The maximum Gasteiger partial charge on any atom is 0.125 e. The van der Waals surface area contributed by atoms with Crippen LogP contribution in [0.25, 0.3) is 0 Å². The van der Waals surface area contributed by atoms with Crippen LogP contribution in [0, 0.1) is 5.82 Å². The minimum Gasteiger partial charge on any atom is -0.366 e. The molecule has 4 heteroatoms. The molecule has 0 saturated carbocycles. The fourth-order valence-corrected chi connectivity index (χ4v) is 3.67. The predicted octanol–water partition coefficient (Wildman–Crippen LogP) is 4.21. The van der Waals surface area contributed by atoms with E-state index >= 15 is 0 Å². The molecule has 17 heavy (non-hydrogen) atoms. The van der Waals surface area contributed by atoms with E-state index in [9.17, 15) is 4.39 Å². The van der Waals surface area contributed by atoms with E-state index in [2.05, 4.69) is 32.3 Å². The Morgan fingerprint density at radius 2 is 2.24 bits per heavy atom. The average Bonchev–Trinajstić information content (AvgIpc) is 2.87. The van der Waals surface area contributed by atoms with Crippen LogP contribution in [-0.2, 0) is 13.0 Å². The van der Waals surface area contributed by atoms with Crippen LogP contribution in [0.15, 0.2) is 34.1 Å². The van der Waals surface area contributed by atoms with Crippen molar-refractivity contribution in [3.05, 3.63) is 50.4 Å². The summed E-state index contributed by atoms with van der Waals surface area (Å²) in [7, 11) is 0. The molecule has 2 heterocycles. The van der Waals surface area contributed by atoms with E-state index in [4.69, 9.17) is 0 Å². The predicted molar refractivity (Wildman–Crippen MR) is 73.2 cm³/mol. The molecule has 0 amide bonds. The van der Waals surface area contributed by atoms with Crippen LogP contribution in [0.2, 0.25) is 0 Å². The largest absolute Gasteiger partial charge is 0.366 e. The number of anilines is 1. The Kier molecular flexibility index (Phi) is 2.92. The highest BCUT2D eigenvalue weighted by Crippen LogP contribution is 2.31. The molecular formula is C13H11BrFNS. The minimum absolute atomic E-state index is 0.150. The highest BCUT2D eigenvalue weighted by molar-refractivity contribution is 9.10. The molecule has 3 rings (SSSR count). The topological polar surface area (TPSA) is 3.24 Å². The van der Waals surface area contributed by atoms with Gasteiger partial charge in [-0.15, -0.1) is 11.3 Å². The van der Waals surface area contributed by atoms with Gasteiger partial charge in [0, 0.05) is 27.0 Å². The van der Waals surface area contributed by atoms with Crippen molar-refractivity contribution in [1.29, 1.82) is 0 Å². The molecule has 0 atom stereocenters. The number of nitrogens with zero attached hydrogens (tertiary/aromatic N) is 1. The van der Waals surface area contributed by atoms with Crippen molar-refractivity contribution in [2.45, 2.75) is 13.0 Å². The summed E-state index contributed by atoms with van der Waals surface area (Å²) in [6.45, 7) is 1.85. The summed E-state index contributed by atoms with van der Waals surface area (Å²) in [5, 5.41) is 2.08. The lowest BCUT2D eigenvalue weighted by atomic mass is 10.2. The molecule has 0 aliphatic carbocycles. The van der Waals surface area contributed by atoms with Gasteiger partial charge in [0.05, 0.1) is 6.54 Å². The van der Waals surface area contributed by atoms with Crippen LogP contribution in [0.3, 0.4) is 0 Å². The summed E-state index contributed by atoms with van der Waals surface area (Å²) in [6, 6.07) is 7.21. The molecule has 0 fully saturated rings. The van der Waals surface area contributed by atoms with Crippen LogP contribution in [0.5, 0.6) is 0 Å². The Morgan fingerprint density at radius 1 is 1.35 bits per heavy atom. The summed E-state index contributed by atoms with van der Waals surface area (Å²) in [6.07, 6.45) is 1.02. The van der Waals surface area contributed by atoms with Crippen molar-refractivity contribution in [1.82, 2.24) is 0 Å². The zero-order chi connectivity index (χ0) is 11.8. The van der Waals surface area contributed by atoms with Gasteiger partial charge in [-0.2, -0.15) is 0 Å². The van der Waals surface area contributed by atoms with Crippen molar-refractivity contribution < 1.29 is 4.39 Å². The number of hydrogen-bond donors (Lipinski definition) is 0. The fourth-order valence-electron chi connectivity index (χ4n) is 2.21. The molecule has 0 saturated heterocycles. The lowest BCUT2D eigenvalue weighted by molar-refractivity contribution is 0.627. The van der Waals surface area contributed by atoms with Gasteiger partial charge in [0.2, 0.25) is 0 Å². The van der Waals surface area contributed by atoms with Crippen molar-refractivity contribution >= 4 is 33.0 Å². The molecule has 1 aliphatic rings. The zero-order valence-corrected chi connectivity index (χ0v) is 11.5. The Bertz CT molecular complexity index is 552. The number of thiophene rings is 1. The molecular weight excluding hydrogens is 301 g/mol. The lowest BCUT2D eigenvalue weighted by Crippen LogP contribution is -2.18. The number of fused-ring (bicyclic) bond motifs is 1. The first-order chi connectivity index (χ1) is 8.22. The van der Waals surface area contributed by atoms with Gasteiger partial charge in [-0.1, -0.05) is 6.07 Å². The molecule has 2 aromatic rings. The molecule has 0 spiro atoms. The molecule has 0 N–H and O–H groups in total. The van der Waals surface area contributed by atoms with Crippen LogP contribution < -0.4 is 4.90 Å². The van der Waals surface area contributed by atoms with E-state index in [0.29, 0.717) is 0 Å². The lowest BCUT2D eigenvalue weighted by Gasteiger charge is -2.18. The molecule has 1 nitrogen and oxygen atoms in total. The van der Waals surface area contributed by atoms with E-state index < -0.39 is 0 Å². The number of rotatable bonds is 2. The van der Waals surface area contributed by atoms with Crippen molar-refractivity contribution in [2.24, 2.45) is 0 Å². The summed E-state index contributed by atoms with van der Waals surface area (Å²) < 4.78 is 14.4. The molecule has 1 aromatic carbocycles. The van der Waals surface area contributed by atoms with E-state index in [0.717, 1.165) is 29.7 Å². The maximum absolute atomic E-state index is 13.2. The first-order valence-corrected chi connectivity index (χ1v) is 7.16. The number of halogens is 2. The van der Waals surface area contributed by atoms with Gasteiger partial charge < -0.3 is 4.90 Å².